The van der Waals surface area contributed by atoms with Gasteiger partial charge in [0.05, 0.1) is 26.4 Å². The van der Waals surface area contributed by atoms with E-state index in [2.05, 4.69) is 192 Å². The SMILES string of the molecule is CC/C=C\C/C=C\C/C=C\C/C=C\C/C=C\C/C=C\CCC(=O)OCC(COP(=O)(O)OCC(O)COP(=O)(O)OCC(COC(=O)CCCCCCCC/C=C\C/C=C\C/C=C\CCCCC)OC(=O)CCCCCCC/C=C\C/C=C\CCCCC)OC(=O)CCCC/C=C\C/C=C\C/C=C\C/C=C\CC. The first-order chi connectivity index (χ1) is 52.7. The Bertz CT molecular complexity index is 2760. The maximum atomic E-state index is 13.1. The molecule has 0 spiro atoms. The number of carbonyl (C=O) groups is 4. The minimum atomic E-state index is -5.02. The second-order valence-electron chi connectivity index (χ2n) is 26.6. The van der Waals surface area contributed by atoms with Gasteiger partial charge in [-0.15, -0.1) is 0 Å². The van der Waals surface area contributed by atoms with Crippen LogP contribution in [0, 0.1) is 0 Å². The zero-order chi connectivity index (χ0) is 78.9. The highest BCUT2D eigenvalue weighted by Gasteiger charge is 2.30. The number of ether oxygens (including phenoxy) is 4. The molecule has 108 heavy (non-hydrogen) atoms. The molecule has 0 saturated carbocycles. The average Bonchev–Trinajstić information content (AvgIpc) is 0.923. The summed E-state index contributed by atoms with van der Waals surface area (Å²) in [4.78, 5) is 73.1. The number of hydrogen-bond acceptors (Lipinski definition) is 15. The highest BCUT2D eigenvalue weighted by atomic mass is 31.2. The summed E-state index contributed by atoms with van der Waals surface area (Å²) < 4.78 is 68.5. The number of unbranched alkanes of at least 4 members (excludes halogenated alkanes) is 19. The molecule has 0 heterocycles. The third kappa shape index (κ3) is 78.3. The van der Waals surface area contributed by atoms with Crippen molar-refractivity contribution in [2.75, 3.05) is 39.6 Å². The van der Waals surface area contributed by atoms with E-state index in [4.69, 9.17) is 37.0 Å². The summed E-state index contributed by atoms with van der Waals surface area (Å²) in [5.41, 5.74) is 0. The lowest BCUT2D eigenvalue weighted by molar-refractivity contribution is -0.161. The van der Waals surface area contributed by atoms with E-state index < -0.39 is 97.5 Å². The summed E-state index contributed by atoms with van der Waals surface area (Å²) in [7, 11) is -10.0. The molecule has 0 bridgehead atoms. The Morgan fingerprint density at radius 1 is 0.269 bits per heavy atom. The van der Waals surface area contributed by atoms with E-state index in [1.807, 2.05) is 18.2 Å². The molecule has 5 atom stereocenters. The molecule has 0 amide bonds. The fourth-order valence-corrected chi connectivity index (χ4v) is 11.7. The lowest BCUT2D eigenvalue weighted by Crippen LogP contribution is -2.30. The summed E-state index contributed by atoms with van der Waals surface area (Å²) in [6.07, 6.45) is 96.0. The van der Waals surface area contributed by atoms with Crippen LogP contribution >= 0.6 is 15.6 Å². The molecule has 17 nitrogen and oxygen atoms in total. The lowest BCUT2D eigenvalue weighted by atomic mass is 10.1. The number of phosphoric acid groups is 2. The number of hydrogen-bond donors (Lipinski definition) is 3. The van der Waals surface area contributed by atoms with E-state index in [0.717, 1.165) is 167 Å². The molecule has 0 rings (SSSR count). The van der Waals surface area contributed by atoms with Gasteiger partial charge in [0.1, 0.15) is 19.3 Å². The van der Waals surface area contributed by atoms with Crippen LogP contribution in [0.25, 0.3) is 0 Å². The molecule has 0 saturated heterocycles. The molecule has 0 aromatic rings. The monoisotopic (exact) mass is 1550 g/mol. The van der Waals surface area contributed by atoms with Gasteiger partial charge >= 0.3 is 39.5 Å². The molecule has 3 N–H and O–H groups in total. The Morgan fingerprint density at radius 3 is 0.815 bits per heavy atom. The molecule has 5 unspecified atom stereocenters. The first-order valence-electron chi connectivity index (χ1n) is 41.0. The summed E-state index contributed by atoms with van der Waals surface area (Å²) in [5.74, 6) is -2.36. The highest BCUT2D eigenvalue weighted by molar-refractivity contribution is 7.47. The third-order valence-electron chi connectivity index (χ3n) is 16.3. The molecule has 0 aliphatic carbocycles. The third-order valence-corrected chi connectivity index (χ3v) is 18.2. The van der Waals surface area contributed by atoms with Crippen LogP contribution < -0.4 is 0 Å². The van der Waals surface area contributed by atoms with Crippen LogP contribution in [-0.4, -0.2) is 96.7 Å². The molecule has 0 aliphatic heterocycles. The number of aliphatic hydroxyl groups excluding tert-OH is 1. The molecule has 19 heteroatoms. The van der Waals surface area contributed by atoms with Crippen LogP contribution in [0.3, 0.4) is 0 Å². The van der Waals surface area contributed by atoms with Gasteiger partial charge in [-0.25, -0.2) is 9.13 Å². The van der Waals surface area contributed by atoms with Crippen LogP contribution in [0.15, 0.2) is 182 Å². The molecular weight excluding hydrogens is 1400 g/mol. The van der Waals surface area contributed by atoms with E-state index in [-0.39, 0.29) is 25.7 Å². The minimum Gasteiger partial charge on any atom is -0.462 e. The van der Waals surface area contributed by atoms with Crippen molar-refractivity contribution < 1.29 is 80.2 Å². The minimum absolute atomic E-state index is 0.0192. The van der Waals surface area contributed by atoms with Crippen molar-refractivity contribution in [1.29, 1.82) is 0 Å². The number of allylic oxidation sites excluding steroid dienone is 30. The standard InChI is InChI=1S/C89H144O17P2/c1-5-9-13-17-21-25-29-33-37-39-41-43-47-49-53-57-61-65-69-73-86(91)99-79-84(105-88(93)75-71-67-63-59-55-51-45-35-31-27-23-19-15-11-7-3)81-103-107(95,96)101-77-83(90)78-102-108(97,98)104-82-85(106-89(94)76-72-68-64-60-56-52-46-36-32-28-24-20-16-12-8-4)80-100-87(92)74-70-66-62-58-54-50-48-44-42-40-38-34-30-26-22-18-14-10-6-2/h9,11,13,15,21-28,33-38,41-46,49,53,55,59,61,65,83-85,90H,5-8,10,12,14,16-20,29-32,39-40,47-48,50-52,54,56-58,60,62-64,66-82H2,1-4H3,(H,95,96)(H,97,98)/b13-9-,15-11-,25-21-,26-22-,27-23-,28-24-,37-33-,38-34-,43-41-,44-42-,45-35-,46-36-,53-49-,59-55-,65-61-. The second kappa shape index (κ2) is 79.3. The van der Waals surface area contributed by atoms with E-state index in [0.29, 0.717) is 38.5 Å². The van der Waals surface area contributed by atoms with Crippen molar-refractivity contribution >= 4 is 39.5 Å². The van der Waals surface area contributed by atoms with Gasteiger partial charge in [-0.3, -0.25) is 37.3 Å². The van der Waals surface area contributed by atoms with Gasteiger partial charge < -0.3 is 33.8 Å². The zero-order valence-electron chi connectivity index (χ0n) is 66.9. The van der Waals surface area contributed by atoms with Gasteiger partial charge in [-0.2, -0.15) is 0 Å². The maximum Gasteiger partial charge on any atom is 0.472 e. The number of rotatable bonds is 75. The predicted molar refractivity (Wildman–Crippen MR) is 445 cm³/mol. The fourth-order valence-electron chi connectivity index (χ4n) is 10.2. The smallest absolute Gasteiger partial charge is 0.462 e. The van der Waals surface area contributed by atoms with Crippen LogP contribution in [-0.2, 0) is 65.4 Å². The molecular formula is C89H144O17P2. The van der Waals surface area contributed by atoms with Crippen LogP contribution in [0.2, 0.25) is 0 Å². The quantitative estimate of drug-likeness (QED) is 0.0169. The summed E-state index contributed by atoms with van der Waals surface area (Å²) in [5, 5.41) is 10.7. The van der Waals surface area contributed by atoms with Crippen molar-refractivity contribution in [3.63, 3.8) is 0 Å². The first-order valence-corrected chi connectivity index (χ1v) is 44.0. The van der Waals surface area contributed by atoms with Crippen molar-refractivity contribution in [3.8, 4) is 0 Å². The Hall–Kier alpha value is -5.84. The van der Waals surface area contributed by atoms with Crippen molar-refractivity contribution in [2.45, 2.75) is 316 Å². The van der Waals surface area contributed by atoms with Crippen molar-refractivity contribution in [3.05, 3.63) is 182 Å². The summed E-state index contributed by atoms with van der Waals surface area (Å²) in [6, 6.07) is 0. The molecule has 0 aromatic carbocycles. The summed E-state index contributed by atoms with van der Waals surface area (Å²) >= 11 is 0. The molecule has 0 aromatic heterocycles. The first kappa shape index (κ1) is 102. The van der Waals surface area contributed by atoms with E-state index in [9.17, 15) is 43.2 Å². The average molecular weight is 1550 g/mol. The Kier molecular flexibility index (Phi) is 75.0. The Labute approximate surface area is 654 Å². The van der Waals surface area contributed by atoms with E-state index >= 15 is 0 Å². The normalized spacial score (nSPS) is 14.8. The van der Waals surface area contributed by atoms with E-state index in [1.54, 1.807) is 0 Å². The number of phosphoric ester groups is 2. The Balaban J connectivity index is 5.50. The van der Waals surface area contributed by atoms with Crippen LogP contribution in [0.5, 0.6) is 0 Å². The van der Waals surface area contributed by atoms with Crippen molar-refractivity contribution in [2.24, 2.45) is 0 Å². The molecule has 0 aliphatic rings. The number of aliphatic hydroxyl groups is 1. The fraction of sp³-hybridized carbons (Fsp3) is 0.618. The lowest BCUT2D eigenvalue weighted by Gasteiger charge is -2.21. The maximum absolute atomic E-state index is 13.1. The largest absolute Gasteiger partial charge is 0.472 e. The topological polar surface area (TPSA) is 237 Å². The van der Waals surface area contributed by atoms with Crippen molar-refractivity contribution in [1.82, 2.24) is 0 Å². The van der Waals surface area contributed by atoms with Gasteiger partial charge in [0.15, 0.2) is 12.2 Å². The van der Waals surface area contributed by atoms with Gasteiger partial charge in [0.2, 0.25) is 0 Å². The van der Waals surface area contributed by atoms with Gasteiger partial charge in [-0.1, -0.05) is 281 Å². The van der Waals surface area contributed by atoms with Crippen LogP contribution in [0.4, 0.5) is 0 Å². The van der Waals surface area contributed by atoms with Gasteiger partial charge in [-0.05, 0) is 173 Å². The second-order valence-corrected chi connectivity index (χ2v) is 29.5. The summed E-state index contributed by atoms with van der Waals surface area (Å²) in [6.45, 7) is 4.42. The predicted octanol–water partition coefficient (Wildman–Crippen LogP) is 24.3. The van der Waals surface area contributed by atoms with Crippen LogP contribution in [0.1, 0.15) is 297 Å². The van der Waals surface area contributed by atoms with E-state index in [1.165, 1.54) is 38.5 Å². The zero-order valence-corrected chi connectivity index (χ0v) is 68.7. The van der Waals surface area contributed by atoms with Gasteiger partial charge in [0.25, 0.3) is 0 Å². The molecule has 612 valence electrons. The molecule has 0 fully saturated rings. The molecule has 0 radical (unpaired) electrons. The van der Waals surface area contributed by atoms with Gasteiger partial charge in [0, 0.05) is 25.7 Å². The Morgan fingerprint density at radius 2 is 0.500 bits per heavy atom. The highest BCUT2D eigenvalue weighted by Crippen LogP contribution is 2.45. The number of esters is 4. The number of carbonyl (C=O) groups excluding carboxylic acids is 4.